The normalized spacial score (nSPS) is 13.5. The highest BCUT2D eigenvalue weighted by atomic mass is 32.1. The molecule has 6 rings (SSSR count). The minimum atomic E-state index is -1.43. The van der Waals surface area contributed by atoms with Crippen LogP contribution < -0.4 is 0 Å². The lowest BCUT2D eigenvalue weighted by Crippen LogP contribution is -2.08. The topological polar surface area (TPSA) is 17.8 Å². The Kier molecular flexibility index (Phi) is 4.14. The van der Waals surface area contributed by atoms with Gasteiger partial charge in [0, 0.05) is 29.5 Å². The number of imidazole rings is 1. The van der Waals surface area contributed by atoms with Gasteiger partial charge in [0.05, 0.1) is 11.0 Å². The minimum Gasteiger partial charge on any atom is -0.292 e. The van der Waals surface area contributed by atoms with Gasteiger partial charge in [-0.25, -0.2) is 4.98 Å². The molecule has 0 aliphatic rings. The predicted molar refractivity (Wildman–Crippen MR) is 143 cm³/mol. The van der Waals surface area contributed by atoms with Crippen molar-refractivity contribution >= 4 is 43.2 Å². The number of thiophene rings is 1. The molecule has 162 valence electrons. The zero-order valence-corrected chi connectivity index (χ0v) is 19.8. The fourth-order valence-electron chi connectivity index (χ4n) is 4.50. The summed E-state index contributed by atoms with van der Waals surface area (Å²) in [6.45, 7) is 5.84. The van der Waals surface area contributed by atoms with Crippen LogP contribution in [0, 0.1) is 5.41 Å². The molecule has 0 spiro atoms. The van der Waals surface area contributed by atoms with E-state index in [1.807, 2.05) is 39.0 Å². The largest absolute Gasteiger partial charge is 0.292 e. The first-order chi connectivity index (χ1) is 16.7. The summed E-state index contributed by atoms with van der Waals surface area (Å²) in [7, 11) is 0. The maximum Gasteiger partial charge on any atom is 0.147 e. The van der Waals surface area contributed by atoms with Gasteiger partial charge in [0.2, 0.25) is 0 Å². The van der Waals surface area contributed by atoms with Gasteiger partial charge in [0.25, 0.3) is 0 Å². The van der Waals surface area contributed by atoms with Crippen LogP contribution in [-0.2, 0) is 6.37 Å². The second kappa shape index (κ2) is 7.57. The maximum atomic E-state index is 8.71. The number of hydrogen-bond donors (Lipinski definition) is 0. The highest BCUT2D eigenvalue weighted by Gasteiger charge is 2.18. The van der Waals surface area contributed by atoms with Crippen molar-refractivity contribution in [1.82, 2.24) is 9.55 Å². The molecule has 2 nitrogen and oxygen atoms in total. The Bertz CT molecular complexity index is 1720. The van der Waals surface area contributed by atoms with Crippen molar-refractivity contribution in [2.75, 3.05) is 0 Å². The summed E-state index contributed by atoms with van der Waals surface area (Å²) in [4.78, 5) is 5.07. The van der Waals surface area contributed by atoms with Crippen molar-refractivity contribution < 1.29 is 2.74 Å². The Morgan fingerprint density at radius 1 is 0.879 bits per heavy atom. The van der Waals surface area contributed by atoms with Crippen molar-refractivity contribution in [3.05, 3.63) is 95.9 Å². The molecule has 0 bridgehead atoms. The molecule has 0 aliphatic carbocycles. The van der Waals surface area contributed by atoms with Crippen molar-refractivity contribution in [2.24, 2.45) is 5.41 Å². The molecule has 0 saturated carbocycles. The number of benzene rings is 4. The van der Waals surface area contributed by atoms with Crippen LogP contribution in [0.1, 0.15) is 29.1 Å². The summed E-state index contributed by atoms with van der Waals surface area (Å²) in [6, 6.07) is 29.2. The SMILES string of the molecule is [2H]C([2H])(c1ccc2c(-c3nc4ccccc4n3-c3ccc4ccccc4c3)csc2c1)C(C)(C)C. The molecule has 2 aromatic heterocycles. The third-order valence-electron chi connectivity index (χ3n) is 5.89. The van der Waals surface area contributed by atoms with Crippen LogP contribution in [0.3, 0.4) is 0 Å². The lowest BCUT2D eigenvalue weighted by molar-refractivity contribution is 0.411. The zero-order chi connectivity index (χ0) is 24.4. The van der Waals surface area contributed by atoms with Gasteiger partial charge in [-0.05, 0) is 58.5 Å². The highest BCUT2D eigenvalue weighted by molar-refractivity contribution is 7.17. The van der Waals surface area contributed by atoms with Gasteiger partial charge in [-0.15, -0.1) is 11.3 Å². The lowest BCUT2D eigenvalue weighted by atomic mass is 9.88. The highest BCUT2D eigenvalue weighted by Crippen LogP contribution is 2.38. The van der Waals surface area contributed by atoms with Crippen LogP contribution in [-0.4, -0.2) is 9.55 Å². The van der Waals surface area contributed by atoms with E-state index in [0.29, 0.717) is 5.56 Å². The fraction of sp³-hybridized carbons (Fsp3) is 0.167. The quantitative estimate of drug-likeness (QED) is 0.265. The first-order valence-corrected chi connectivity index (χ1v) is 12.1. The Labute approximate surface area is 201 Å². The Morgan fingerprint density at radius 3 is 2.52 bits per heavy atom. The van der Waals surface area contributed by atoms with E-state index in [2.05, 4.69) is 76.7 Å². The Balaban J connectivity index is 1.57. The Morgan fingerprint density at radius 2 is 1.67 bits per heavy atom. The van der Waals surface area contributed by atoms with Crippen LogP contribution in [0.4, 0.5) is 0 Å². The van der Waals surface area contributed by atoms with Crippen LogP contribution >= 0.6 is 11.3 Å². The molecule has 6 aromatic rings. The van der Waals surface area contributed by atoms with E-state index in [1.165, 1.54) is 10.8 Å². The molecule has 0 fully saturated rings. The molecule has 3 heteroatoms. The summed E-state index contributed by atoms with van der Waals surface area (Å²) < 4.78 is 20.7. The van der Waals surface area contributed by atoms with Gasteiger partial charge in [-0.2, -0.15) is 0 Å². The van der Waals surface area contributed by atoms with E-state index in [1.54, 1.807) is 11.3 Å². The van der Waals surface area contributed by atoms with Gasteiger partial charge in [-0.1, -0.05) is 75.4 Å². The summed E-state index contributed by atoms with van der Waals surface area (Å²) in [5, 5.41) is 5.66. The van der Waals surface area contributed by atoms with E-state index >= 15 is 0 Å². The maximum absolute atomic E-state index is 8.71. The second-order valence-electron chi connectivity index (χ2n) is 9.53. The molecule has 0 amide bonds. The van der Waals surface area contributed by atoms with Crippen molar-refractivity contribution in [3.8, 4) is 17.1 Å². The number of rotatable bonds is 3. The van der Waals surface area contributed by atoms with Crippen LogP contribution in [0.2, 0.25) is 0 Å². The summed E-state index contributed by atoms with van der Waals surface area (Å²) >= 11 is 1.65. The number of nitrogens with zero attached hydrogens (tertiary/aromatic N) is 2. The molecule has 33 heavy (non-hydrogen) atoms. The van der Waals surface area contributed by atoms with Gasteiger partial charge in [0.15, 0.2) is 0 Å². The van der Waals surface area contributed by atoms with E-state index in [0.717, 1.165) is 38.2 Å². The predicted octanol–water partition coefficient (Wildman–Crippen LogP) is 8.65. The smallest absolute Gasteiger partial charge is 0.147 e. The minimum absolute atomic E-state index is 0.495. The molecular weight excluding hydrogens is 420 g/mol. The third-order valence-corrected chi connectivity index (χ3v) is 6.83. The van der Waals surface area contributed by atoms with Crippen LogP contribution in [0.25, 0.3) is 49.0 Å². The summed E-state index contributed by atoms with van der Waals surface area (Å²) in [5.74, 6) is 0.902. The number of aromatic nitrogens is 2. The number of para-hydroxylation sites is 2. The molecule has 0 aliphatic heterocycles. The van der Waals surface area contributed by atoms with E-state index in [9.17, 15) is 0 Å². The molecule has 0 unspecified atom stereocenters. The molecule has 0 saturated heterocycles. The van der Waals surface area contributed by atoms with Gasteiger partial charge in [-0.3, -0.25) is 4.57 Å². The summed E-state index contributed by atoms with van der Waals surface area (Å²) in [6.07, 6.45) is -1.43. The van der Waals surface area contributed by atoms with Crippen molar-refractivity contribution in [3.63, 3.8) is 0 Å². The van der Waals surface area contributed by atoms with Gasteiger partial charge < -0.3 is 0 Å². The van der Waals surface area contributed by atoms with Crippen LogP contribution in [0.5, 0.6) is 0 Å². The van der Waals surface area contributed by atoms with E-state index in [-0.39, 0.29) is 0 Å². The molecule has 0 radical (unpaired) electrons. The number of hydrogen-bond acceptors (Lipinski definition) is 2. The fourth-order valence-corrected chi connectivity index (χ4v) is 5.47. The molecular formula is C30H26N2S. The zero-order valence-electron chi connectivity index (χ0n) is 21.0. The lowest BCUT2D eigenvalue weighted by Gasteiger charge is -2.18. The van der Waals surface area contributed by atoms with E-state index < -0.39 is 11.8 Å². The average Bonchev–Trinajstić information content (AvgIpc) is 3.44. The first-order valence-electron chi connectivity index (χ1n) is 12.2. The standard InChI is InChI=1S/C30H26N2S/c1-30(2,3)18-20-12-15-24-25(19-33-28(24)16-20)29-31-26-10-6-7-11-27(26)32(29)23-14-13-21-8-4-5-9-22(21)17-23/h4-17,19H,18H2,1-3H3/i18D2. The molecule has 2 heterocycles. The first kappa shape index (κ1) is 18.0. The van der Waals surface area contributed by atoms with Crippen molar-refractivity contribution in [2.45, 2.75) is 27.1 Å². The summed E-state index contributed by atoms with van der Waals surface area (Å²) in [5.41, 5.74) is 4.39. The van der Waals surface area contributed by atoms with E-state index in [4.69, 9.17) is 7.73 Å². The molecule has 0 atom stereocenters. The monoisotopic (exact) mass is 448 g/mol. The molecule has 0 N–H and O–H groups in total. The second-order valence-corrected chi connectivity index (χ2v) is 10.4. The Hall–Kier alpha value is -3.43. The third kappa shape index (κ3) is 3.63. The van der Waals surface area contributed by atoms with Gasteiger partial charge >= 0.3 is 0 Å². The average molecular weight is 449 g/mol. The number of fused-ring (bicyclic) bond motifs is 3. The van der Waals surface area contributed by atoms with Crippen LogP contribution in [0.15, 0.2) is 90.3 Å². The van der Waals surface area contributed by atoms with Crippen molar-refractivity contribution in [1.29, 1.82) is 0 Å². The van der Waals surface area contributed by atoms with Gasteiger partial charge in [0.1, 0.15) is 5.82 Å². The molecule has 4 aromatic carbocycles.